The molecule has 0 radical (unpaired) electrons. The Labute approximate surface area is 95.5 Å². The molecule has 0 aromatic heterocycles. The number of hydrazine groups is 1. The first kappa shape index (κ1) is 12.1. The molecule has 0 amide bonds. The minimum Gasteiger partial charge on any atom is -0.354 e. The number of nitrogens with one attached hydrogen (secondary N) is 1. The third-order valence-corrected chi connectivity index (χ3v) is 2.89. The van der Waals surface area contributed by atoms with E-state index in [0.717, 1.165) is 24.1 Å². The zero-order chi connectivity index (χ0) is 11.6. The molecule has 0 unspecified atom stereocenters. The van der Waals surface area contributed by atoms with Gasteiger partial charge in [-0.3, -0.25) is 9.80 Å². The summed E-state index contributed by atoms with van der Waals surface area (Å²) in [6, 6.07) is 0.0137. The Hall–Kier alpha value is -0.940. The van der Waals surface area contributed by atoms with Gasteiger partial charge in [0.15, 0.2) is 10.9 Å². The van der Waals surface area contributed by atoms with Crippen molar-refractivity contribution < 1.29 is 4.79 Å². The molecule has 15 heavy (non-hydrogen) atoms. The van der Waals surface area contributed by atoms with Gasteiger partial charge in [-0.15, -0.1) is 0 Å². The Morgan fingerprint density at radius 2 is 2.27 bits per heavy atom. The monoisotopic (exact) mass is 227 g/mol. The zero-order valence-electron chi connectivity index (χ0n) is 9.33. The van der Waals surface area contributed by atoms with Crippen LogP contribution in [-0.2, 0) is 4.79 Å². The second-order valence-corrected chi connectivity index (χ2v) is 4.10. The number of thiocarbonyl (C=S) groups is 1. The molecule has 1 heterocycles. The van der Waals surface area contributed by atoms with Crippen molar-refractivity contribution in [3.05, 3.63) is 11.3 Å². The highest BCUT2D eigenvalue weighted by Crippen LogP contribution is 2.20. The van der Waals surface area contributed by atoms with Crippen LogP contribution in [0.1, 0.15) is 33.6 Å². The van der Waals surface area contributed by atoms with Crippen molar-refractivity contribution >= 4 is 23.1 Å². The highest BCUT2D eigenvalue weighted by Gasteiger charge is 2.28. The fourth-order valence-electron chi connectivity index (χ4n) is 1.83. The van der Waals surface area contributed by atoms with Gasteiger partial charge < -0.3 is 5.32 Å². The minimum absolute atomic E-state index is 0.0137. The molecule has 5 heteroatoms. The first-order chi connectivity index (χ1) is 6.99. The summed E-state index contributed by atoms with van der Waals surface area (Å²) in [5, 5.41) is 4.92. The maximum Gasteiger partial charge on any atom is 0.188 e. The molecule has 1 atom stereocenters. The Bertz CT molecular complexity index is 325. The van der Waals surface area contributed by atoms with Crippen molar-refractivity contribution in [3.63, 3.8) is 0 Å². The summed E-state index contributed by atoms with van der Waals surface area (Å²) >= 11 is 5.08. The van der Waals surface area contributed by atoms with Crippen molar-refractivity contribution in [1.29, 1.82) is 0 Å². The summed E-state index contributed by atoms with van der Waals surface area (Å²) in [7, 11) is 0. The van der Waals surface area contributed by atoms with Gasteiger partial charge in [0.2, 0.25) is 0 Å². The zero-order valence-corrected chi connectivity index (χ0v) is 10.1. The minimum atomic E-state index is 0.0137. The van der Waals surface area contributed by atoms with Gasteiger partial charge in [-0.05, 0) is 32.5 Å². The number of hydrogen-bond acceptors (Lipinski definition) is 3. The van der Waals surface area contributed by atoms with Gasteiger partial charge in [0.25, 0.3) is 0 Å². The van der Waals surface area contributed by atoms with Crippen molar-refractivity contribution in [2.45, 2.75) is 39.7 Å². The summed E-state index contributed by atoms with van der Waals surface area (Å²) in [5.41, 5.74) is 1.50. The molecule has 0 aliphatic carbocycles. The summed E-state index contributed by atoms with van der Waals surface area (Å²) < 4.78 is 0. The lowest BCUT2D eigenvalue weighted by Crippen LogP contribution is -2.53. The third kappa shape index (κ3) is 2.35. The van der Waals surface area contributed by atoms with Crippen LogP contribution in [0.15, 0.2) is 11.3 Å². The van der Waals surface area contributed by atoms with Crippen LogP contribution in [-0.4, -0.2) is 21.9 Å². The summed E-state index contributed by atoms with van der Waals surface area (Å²) in [5.74, 6) is 5.78. The molecule has 0 saturated carbocycles. The number of ketones is 1. The predicted octanol–water partition coefficient (Wildman–Crippen LogP) is 1.08. The maximum absolute atomic E-state index is 11.5. The van der Waals surface area contributed by atoms with E-state index in [1.807, 2.05) is 6.92 Å². The van der Waals surface area contributed by atoms with E-state index < -0.39 is 0 Å². The molecular formula is C10H17N3OS. The van der Waals surface area contributed by atoms with Crippen LogP contribution in [0.3, 0.4) is 0 Å². The van der Waals surface area contributed by atoms with Crippen molar-refractivity contribution in [3.8, 4) is 0 Å². The Morgan fingerprint density at radius 3 is 2.73 bits per heavy atom. The van der Waals surface area contributed by atoms with Gasteiger partial charge in [-0.25, -0.2) is 5.84 Å². The molecule has 1 aliphatic rings. The lowest BCUT2D eigenvalue weighted by Gasteiger charge is -2.34. The fraction of sp³-hybridized carbons (Fsp3) is 0.600. The topological polar surface area (TPSA) is 58.4 Å². The predicted molar refractivity (Wildman–Crippen MR) is 63.8 cm³/mol. The van der Waals surface area contributed by atoms with Gasteiger partial charge in [0, 0.05) is 11.3 Å². The van der Waals surface area contributed by atoms with Crippen LogP contribution in [0.2, 0.25) is 0 Å². The van der Waals surface area contributed by atoms with Gasteiger partial charge in [0.05, 0.1) is 6.04 Å². The Kier molecular flexibility index (Phi) is 3.82. The molecule has 0 aromatic rings. The highest BCUT2D eigenvalue weighted by molar-refractivity contribution is 7.80. The lowest BCUT2D eigenvalue weighted by molar-refractivity contribution is -0.114. The van der Waals surface area contributed by atoms with E-state index >= 15 is 0 Å². The second-order valence-electron chi connectivity index (χ2n) is 3.72. The first-order valence-corrected chi connectivity index (χ1v) is 5.46. The molecular weight excluding hydrogens is 210 g/mol. The molecule has 0 saturated heterocycles. The van der Waals surface area contributed by atoms with Gasteiger partial charge >= 0.3 is 0 Å². The normalized spacial score (nSPS) is 21.7. The summed E-state index contributed by atoms with van der Waals surface area (Å²) in [6.45, 7) is 5.46. The number of allylic oxidation sites excluding steroid dienone is 1. The van der Waals surface area contributed by atoms with E-state index in [9.17, 15) is 4.79 Å². The molecule has 1 aliphatic heterocycles. The van der Waals surface area contributed by atoms with E-state index in [1.54, 1.807) is 6.92 Å². The fourth-order valence-corrected chi connectivity index (χ4v) is 2.11. The van der Waals surface area contributed by atoms with E-state index in [0.29, 0.717) is 5.11 Å². The van der Waals surface area contributed by atoms with Gasteiger partial charge in [0.1, 0.15) is 0 Å². The van der Waals surface area contributed by atoms with Crippen molar-refractivity contribution in [2.75, 3.05) is 0 Å². The Morgan fingerprint density at radius 1 is 1.67 bits per heavy atom. The average molecular weight is 227 g/mol. The van der Waals surface area contributed by atoms with Crippen LogP contribution in [0.25, 0.3) is 0 Å². The van der Waals surface area contributed by atoms with Crippen LogP contribution in [0.5, 0.6) is 0 Å². The molecule has 0 spiro atoms. The summed E-state index contributed by atoms with van der Waals surface area (Å²) in [4.78, 5) is 11.5. The third-order valence-electron chi connectivity index (χ3n) is 2.57. The number of carbonyl (C=O) groups excluding carboxylic acids is 1. The standard InChI is InChI=1S/C10H17N3OS/c1-4-5-8-9(7(3)14)6(2)13(11)10(15)12-8/h8H,4-5,11H2,1-3H3,(H,12,15)/t8-/m0/s1. The number of rotatable bonds is 3. The van der Waals surface area contributed by atoms with E-state index in [4.69, 9.17) is 18.1 Å². The number of Topliss-reactive ketones (excluding diaryl/α,β-unsaturated/α-hetero) is 1. The molecule has 0 bridgehead atoms. The second kappa shape index (κ2) is 4.72. The number of hydrogen-bond donors (Lipinski definition) is 2. The molecule has 3 N–H and O–H groups in total. The molecule has 0 aromatic carbocycles. The van der Waals surface area contributed by atoms with Crippen LogP contribution in [0.4, 0.5) is 0 Å². The highest BCUT2D eigenvalue weighted by atomic mass is 32.1. The van der Waals surface area contributed by atoms with E-state index in [2.05, 4.69) is 12.2 Å². The van der Waals surface area contributed by atoms with Crippen molar-refractivity contribution in [2.24, 2.45) is 5.84 Å². The molecule has 0 fully saturated rings. The average Bonchev–Trinajstić information content (AvgIpc) is 2.14. The number of nitrogens with zero attached hydrogens (tertiary/aromatic N) is 1. The van der Waals surface area contributed by atoms with Crippen LogP contribution < -0.4 is 11.2 Å². The largest absolute Gasteiger partial charge is 0.354 e. The van der Waals surface area contributed by atoms with Crippen molar-refractivity contribution in [1.82, 2.24) is 10.3 Å². The van der Waals surface area contributed by atoms with E-state index in [1.165, 1.54) is 5.01 Å². The smallest absolute Gasteiger partial charge is 0.188 e. The first-order valence-electron chi connectivity index (χ1n) is 5.06. The quantitative estimate of drug-likeness (QED) is 0.558. The van der Waals surface area contributed by atoms with Gasteiger partial charge in [-0.1, -0.05) is 13.3 Å². The SMILES string of the molecule is CCC[C@@H]1NC(=S)N(N)C(C)=C1C(C)=O. The molecule has 1 rings (SSSR count). The number of carbonyl (C=O) groups is 1. The molecule has 4 nitrogen and oxygen atoms in total. The lowest BCUT2D eigenvalue weighted by atomic mass is 9.96. The Balaban J connectivity index is 3.08. The van der Waals surface area contributed by atoms with Crippen LogP contribution >= 0.6 is 12.2 Å². The maximum atomic E-state index is 11.5. The van der Waals surface area contributed by atoms with Gasteiger partial charge in [-0.2, -0.15) is 0 Å². The van der Waals surface area contributed by atoms with Crippen LogP contribution in [0, 0.1) is 0 Å². The summed E-state index contributed by atoms with van der Waals surface area (Å²) in [6.07, 6.45) is 1.88. The molecule has 84 valence electrons. The van der Waals surface area contributed by atoms with E-state index in [-0.39, 0.29) is 11.8 Å². The number of nitrogens with two attached hydrogens (primary N) is 1.